The number of nitrogens with zero attached hydrogens (tertiary/aromatic N) is 6. The van der Waals surface area contributed by atoms with Crippen LogP contribution in [-0.2, 0) is 45.4 Å². The Morgan fingerprint density at radius 2 is 1.06 bits per heavy atom. The van der Waals surface area contributed by atoms with Crippen molar-refractivity contribution in [1.82, 2.24) is 45.9 Å². The largest absolute Gasteiger partial charge is 0.394 e. The van der Waals surface area contributed by atoms with E-state index in [-0.39, 0.29) is 44.7 Å². The highest BCUT2D eigenvalue weighted by Crippen LogP contribution is 2.15. The summed E-state index contributed by atoms with van der Waals surface area (Å²) in [5.41, 5.74) is -2.31. The zero-order chi connectivity index (χ0) is 48.4. The lowest BCUT2D eigenvalue weighted by molar-refractivity contribution is -0.125. The Labute approximate surface area is 403 Å². The molecule has 0 aliphatic carbocycles. The van der Waals surface area contributed by atoms with Gasteiger partial charge in [-0.05, 0) is 55.6 Å². The monoisotopic (exact) mass is 996 g/mol. The maximum absolute atomic E-state index is 13.2. The van der Waals surface area contributed by atoms with Gasteiger partial charge in [-0.3, -0.25) is 24.3 Å². The Kier molecular flexibility index (Phi) is 32.6. The van der Waals surface area contributed by atoms with Gasteiger partial charge in [0.2, 0.25) is 11.8 Å². The van der Waals surface area contributed by atoms with E-state index in [0.29, 0.717) is 48.8 Å². The van der Waals surface area contributed by atoms with Crippen molar-refractivity contribution in [2.75, 3.05) is 87.4 Å². The molecule has 2 heterocycles. The van der Waals surface area contributed by atoms with Crippen LogP contribution in [0, 0.1) is 0 Å². The number of nitrogens with one attached hydrogen (secondary N) is 3. The number of unbranched alkanes of at least 4 members (excludes halogenated alkanes) is 7. The van der Waals surface area contributed by atoms with Gasteiger partial charge in [-0.1, -0.05) is 62.3 Å². The van der Waals surface area contributed by atoms with Gasteiger partial charge in [-0.15, -0.1) is 10.2 Å². The van der Waals surface area contributed by atoms with Crippen LogP contribution in [-0.4, -0.2) is 188 Å². The van der Waals surface area contributed by atoms with E-state index in [9.17, 15) is 45.3 Å². The molecule has 0 radical (unpaired) electrons. The van der Waals surface area contributed by atoms with Crippen LogP contribution >= 0.6 is 35.3 Å². The van der Waals surface area contributed by atoms with Gasteiger partial charge < -0.3 is 55.9 Å². The minimum atomic E-state index is -1.42. The molecule has 0 bridgehead atoms. The molecule has 2 aromatic rings. The Bertz CT molecular complexity index is 1530. The maximum atomic E-state index is 13.2. The van der Waals surface area contributed by atoms with Crippen LogP contribution in [0.25, 0.3) is 0 Å². The lowest BCUT2D eigenvalue weighted by Crippen LogP contribution is -2.58. The number of aryl methyl sites for hydroxylation is 2. The first-order valence-electron chi connectivity index (χ1n) is 23.3. The number of rotatable bonds is 44. The van der Waals surface area contributed by atoms with Gasteiger partial charge >= 0.3 is 0 Å². The quantitative estimate of drug-likeness (QED) is 0.0330. The highest BCUT2D eigenvalue weighted by Gasteiger charge is 2.31. The molecule has 0 saturated carbocycles. The number of hydrogen-bond acceptors (Lipinski definition) is 19. The van der Waals surface area contributed by atoms with Gasteiger partial charge in [0.05, 0.1) is 89.5 Å². The summed E-state index contributed by atoms with van der Waals surface area (Å²) < 4.78 is 15.7. The molecular weight excluding hydrogens is 915 g/mol. The average molecular weight is 996 g/mol. The van der Waals surface area contributed by atoms with E-state index in [1.165, 1.54) is 44.9 Å². The number of ether oxygens (including phenoxy) is 2. The van der Waals surface area contributed by atoms with Crippen molar-refractivity contribution in [3.05, 3.63) is 23.8 Å². The summed E-state index contributed by atoms with van der Waals surface area (Å²) in [5.74, 6) is 4.12. The molecule has 2 atom stereocenters. The molecule has 382 valence electrons. The van der Waals surface area contributed by atoms with Gasteiger partial charge in [-0.25, -0.2) is 0 Å². The second kappa shape index (κ2) is 35.9. The molecule has 2 rings (SSSR count). The van der Waals surface area contributed by atoms with Gasteiger partial charge in [0.25, 0.3) is 0 Å². The Hall–Kier alpha value is -2.13. The fourth-order valence-electron chi connectivity index (χ4n) is 6.47. The number of aromatic nitrogens is 6. The van der Waals surface area contributed by atoms with E-state index in [2.05, 4.69) is 43.5 Å². The normalized spacial score (nSPS) is 13.5. The molecule has 0 aliphatic heterocycles. The van der Waals surface area contributed by atoms with Gasteiger partial charge in [0.15, 0.2) is 0 Å². The molecule has 0 spiro atoms. The first kappa shape index (κ1) is 60.0. The van der Waals surface area contributed by atoms with Crippen LogP contribution in [0.2, 0.25) is 0 Å². The zero-order valence-corrected chi connectivity index (χ0v) is 41.8. The molecule has 23 heteroatoms. The summed E-state index contributed by atoms with van der Waals surface area (Å²) in [6.07, 6.45) is 15.4. The topological polar surface area (TPSA) is 292 Å². The highest BCUT2D eigenvalue weighted by atomic mass is 32.2. The number of amides is 2. The predicted molar refractivity (Wildman–Crippen MR) is 259 cm³/mol. The van der Waals surface area contributed by atoms with E-state index in [4.69, 9.17) is 9.47 Å². The minimum Gasteiger partial charge on any atom is -0.394 e. The molecule has 10 N–H and O–H groups in total. The number of thioether (sulfide) groups is 3. The van der Waals surface area contributed by atoms with Crippen LogP contribution in [0.3, 0.4) is 0 Å². The number of carbonyl (C=O) groups excluding carboxylic acids is 2. The second-order valence-electron chi connectivity index (χ2n) is 17.1. The third-order valence-electron chi connectivity index (χ3n) is 10.6. The lowest BCUT2D eigenvalue weighted by atomic mass is 10.0. The molecule has 20 nitrogen and oxygen atoms in total. The number of aliphatic hydroxyl groups is 7. The average Bonchev–Trinajstić information content (AvgIpc) is 3.98. The number of hydrogen-bond donors (Lipinski definition) is 10. The van der Waals surface area contributed by atoms with Gasteiger partial charge in [0, 0.05) is 37.4 Å². The SMILES string of the molecule is CCCCCCCCCCSCCC(=O)NC(C)(COCc1cn(CCCSCCC(=O)NC(CO)(CO)CO)nn1)COCc1cn(CCCSCCC(O)NC(CO)(CO)CO)nn1. The summed E-state index contributed by atoms with van der Waals surface area (Å²) in [6, 6.07) is 0. The molecule has 0 aromatic carbocycles. The third-order valence-corrected chi connectivity index (χ3v) is 13.9. The molecular formula is C43H81N9O11S3. The third kappa shape index (κ3) is 26.0. The van der Waals surface area contributed by atoms with Crippen LogP contribution < -0.4 is 16.0 Å². The van der Waals surface area contributed by atoms with Crippen molar-refractivity contribution in [1.29, 1.82) is 0 Å². The van der Waals surface area contributed by atoms with Crippen molar-refractivity contribution in [3.63, 3.8) is 0 Å². The van der Waals surface area contributed by atoms with Crippen molar-refractivity contribution in [2.45, 2.75) is 146 Å². The van der Waals surface area contributed by atoms with Crippen LogP contribution in [0.5, 0.6) is 0 Å². The lowest BCUT2D eigenvalue weighted by Gasteiger charge is -2.31. The van der Waals surface area contributed by atoms with Crippen molar-refractivity contribution >= 4 is 47.1 Å². The first-order valence-corrected chi connectivity index (χ1v) is 26.8. The Morgan fingerprint density at radius 1 is 0.621 bits per heavy atom. The van der Waals surface area contributed by atoms with E-state index < -0.39 is 62.5 Å². The molecule has 66 heavy (non-hydrogen) atoms. The first-order chi connectivity index (χ1) is 31.9. The zero-order valence-electron chi connectivity index (χ0n) is 39.3. The molecule has 2 unspecified atom stereocenters. The molecule has 0 fully saturated rings. The molecule has 2 amide bonds. The second-order valence-corrected chi connectivity index (χ2v) is 20.7. The van der Waals surface area contributed by atoms with Crippen LogP contribution in [0.4, 0.5) is 0 Å². The van der Waals surface area contributed by atoms with E-state index in [0.717, 1.165) is 42.3 Å². The van der Waals surface area contributed by atoms with Crippen LogP contribution in [0.1, 0.15) is 109 Å². The van der Waals surface area contributed by atoms with Crippen molar-refractivity contribution in [3.8, 4) is 0 Å². The van der Waals surface area contributed by atoms with Gasteiger partial charge in [-0.2, -0.15) is 35.3 Å². The van der Waals surface area contributed by atoms with E-state index >= 15 is 0 Å². The maximum Gasteiger partial charge on any atom is 0.221 e. The van der Waals surface area contributed by atoms with Crippen molar-refractivity contribution < 1.29 is 54.8 Å². The highest BCUT2D eigenvalue weighted by molar-refractivity contribution is 7.99. The summed E-state index contributed by atoms with van der Waals surface area (Å²) in [7, 11) is 0. The minimum absolute atomic E-state index is 0.0747. The standard InChI is InChI=1S/C43H81N9O11S3/c1-3-4-5-6-7-8-9-10-18-64-21-13-38(59)44-41(2,34-62-26-36-24-51(49-47-36)16-11-19-65-22-14-39(60)45-42(28-53,29-54)30-55)35-63-27-37-25-52(50-48-37)17-12-20-66-23-15-40(61)46-43(31-56,32-57)33-58/h24-25,39,45,53-58,60H,3-23,26-35H2,1-2H3,(H,44,59)(H,46,61). The Morgan fingerprint density at radius 3 is 1.55 bits per heavy atom. The molecule has 2 aromatic heterocycles. The van der Waals surface area contributed by atoms with Gasteiger partial charge in [0.1, 0.15) is 23.2 Å². The predicted octanol–water partition coefficient (Wildman–Crippen LogP) is 1.22. The fourth-order valence-corrected chi connectivity index (χ4v) is 9.20. The van der Waals surface area contributed by atoms with Crippen LogP contribution in [0.15, 0.2) is 12.4 Å². The summed E-state index contributed by atoms with van der Waals surface area (Å²) in [6.45, 7) is 2.90. The summed E-state index contributed by atoms with van der Waals surface area (Å²) in [5, 5.41) is 92.0. The van der Waals surface area contributed by atoms with E-state index in [1.54, 1.807) is 32.9 Å². The fraction of sp³-hybridized carbons (Fsp3) is 0.860. The summed E-state index contributed by atoms with van der Waals surface area (Å²) >= 11 is 5.04. The molecule has 0 saturated heterocycles. The molecule has 0 aliphatic rings. The summed E-state index contributed by atoms with van der Waals surface area (Å²) in [4.78, 5) is 25.4. The van der Waals surface area contributed by atoms with E-state index in [1.807, 2.05) is 31.1 Å². The van der Waals surface area contributed by atoms with Crippen molar-refractivity contribution in [2.24, 2.45) is 0 Å². The smallest absolute Gasteiger partial charge is 0.221 e. The number of carbonyl (C=O) groups is 2. The Balaban J connectivity index is 1.80. The number of aliphatic hydroxyl groups excluding tert-OH is 7.